The van der Waals surface area contributed by atoms with Crippen LogP contribution in [0.3, 0.4) is 0 Å². The molecule has 0 fully saturated rings. The van der Waals surface area contributed by atoms with Crippen LogP contribution in [0.15, 0.2) is 138 Å². The van der Waals surface area contributed by atoms with Gasteiger partial charge in [0.25, 0.3) is 11.8 Å². The van der Waals surface area contributed by atoms with Crippen LogP contribution in [0.4, 0.5) is 11.4 Å². The van der Waals surface area contributed by atoms with E-state index < -0.39 is 17.1 Å². The molecule has 1 unspecified atom stereocenters. The second-order valence-electron chi connectivity index (χ2n) is 9.97. The average Bonchev–Trinajstić information content (AvgIpc) is 3.04. The van der Waals surface area contributed by atoms with Crippen LogP contribution in [0, 0.1) is 0 Å². The molecule has 6 nitrogen and oxygen atoms in total. The highest BCUT2D eigenvalue weighted by Gasteiger charge is 2.23. The molecule has 0 aliphatic rings. The van der Waals surface area contributed by atoms with E-state index in [0.717, 1.165) is 10.5 Å². The van der Waals surface area contributed by atoms with E-state index in [1.165, 1.54) is 11.8 Å². The van der Waals surface area contributed by atoms with E-state index in [-0.39, 0.29) is 11.6 Å². The Labute approximate surface area is 285 Å². The van der Waals surface area contributed by atoms with Crippen molar-refractivity contribution in [3.05, 3.63) is 165 Å². The van der Waals surface area contributed by atoms with Gasteiger partial charge in [0.15, 0.2) is 0 Å². The average molecular weight is 687 g/mol. The Kier molecular flexibility index (Phi) is 11.2. The van der Waals surface area contributed by atoms with Crippen molar-refractivity contribution in [3.8, 4) is 0 Å². The van der Waals surface area contributed by atoms with Crippen LogP contribution < -0.4 is 16.0 Å². The zero-order valence-electron chi connectivity index (χ0n) is 24.0. The lowest BCUT2D eigenvalue weighted by Gasteiger charge is -2.18. The highest BCUT2D eigenvalue weighted by Crippen LogP contribution is 2.37. The van der Waals surface area contributed by atoms with Gasteiger partial charge in [0.2, 0.25) is 5.91 Å². The Balaban J connectivity index is 1.37. The van der Waals surface area contributed by atoms with Crippen molar-refractivity contribution in [3.63, 3.8) is 0 Å². The number of nitrogens with one attached hydrogen (secondary N) is 3. The summed E-state index contributed by atoms with van der Waals surface area (Å²) in [5, 5.41) is 9.22. The number of amides is 3. The third-order valence-corrected chi connectivity index (χ3v) is 8.46. The van der Waals surface area contributed by atoms with Crippen molar-refractivity contribution in [1.29, 1.82) is 0 Å². The summed E-state index contributed by atoms with van der Waals surface area (Å²) in [6.45, 7) is 0. The molecule has 0 saturated carbocycles. The van der Waals surface area contributed by atoms with Gasteiger partial charge in [-0.2, -0.15) is 0 Å². The molecule has 46 heavy (non-hydrogen) atoms. The molecule has 0 heterocycles. The van der Waals surface area contributed by atoms with E-state index in [1.807, 2.05) is 36.4 Å². The molecule has 0 bridgehead atoms. The van der Waals surface area contributed by atoms with Gasteiger partial charge in [0, 0.05) is 36.9 Å². The standard InChI is InChI=1S/C36H26Cl3N3O3S/c37-26-16-14-23(15-17-26)18-32(42-34(43)25-10-5-2-6-11-25)35(44)40-29-12-7-13-31(22-29)46-33(24-8-3-1-4-9-24)36(45)41-30-20-27(38)19-28(39)21-30/h1-22,33H,(H,40,44)(H,41,45)(H,42,43)/b32-18-. The summed E-state index contributed by atoms with van der Waals surface area (Å²) in [5.41, 5.74) is 2.84. The fourth-order valence-electron chi connectivity index (χ4n) is 4.38. The van der Waals surface area contributed by atoms with Crippen molar-refractivity contribution in [2.24, 2.45) is 0 Å². The van der Waals surface area contributed by atoms with Crippen molar-refractivity contribution < 1.29 is 14.4 Å². The normalized spacial score (nSPS) is 11.8. The van der Waals surface area contributed by atoms with E-state index >= 15 is 0 Å². The lowest BCUT2D eigenvalue weighted by atomic mass is 10.1. The van der Waals surface area contributed by atoms with Crippen molar-refractivity contribution in [1.82, 2.24) is 5.32 Å². The van der Waals surface area contributed by atoms with Crippen molar-refractivity contribution in [2.75, 3.05) is 10.6 Å². The molecular weight excluding hydrogens is 661 g/mol. The summed E-state index contributed by atoms with van der Waals surface area (Å²) in [7, 11) is 0. The van der Waals surface area contributed by atoms with Gasteiger partial charge in [0.1, 0.15) is 10.9 Å². The topological polar surface area (TPSA) is 87.3 Å². The number of hydrogen-bond acceptors (Lipinski definition) is 4. The largest absolute Gasteiger partial charge is 0.325 e. The van der Waals surface area contributed by atoms with Crippen LogP contribution in [-0.2, 0) is 9.59 Å². The van der Waals surface area contributed by atoms with E-state index in [2.05, 4.69) is 16.0 Å². The molecule has 5 aromatic carbocycles. The summed E-state index contributed by atoms with van der Waals surface area (Å²) >= 11 is 19.6. The number of thioether (sulfide) groups is 1. The number of carbonyl (C=O) groups excluding carboxylic acids is 3. The SMILES string of the molecule is O=C(Nc1cccc(SC(C(=O)Nc2cc(Cl)cc(Cl)c2)c2ccccc2)c1)/C(=C/c1ccc(Cl)cc1)NC(=O)c1ccccc1. The van der Waals surface area contributed by atoms with Gasteiger partial charge in [-0.15, -0.1) is 11.8 Å². The fourth-order valence-corrected chi connectivity index (χ4v) is 6.12. The lowest BCUT2D eigenvalue weighted by Crippen LogP contribution is -2.30. The van der Waals surface area contributed by atoms with Gasteiger partial charge < -0.3 is 16.0 Å². The molecule has 5 aromatic rings. The van der Waals surface area contributed by atoms with E-state index in [4.69, 9.17) is 34.8 Å². The van der Waals surface area contributed by atoms with Crippen LogP contribution in [0.1, 0.15) is 26.7 Å². The van der Waals surface area contributed by atoms with Crippen LogP contribution in [0.25, 0.3) is 6.08 Å². The molecule has 1 atom stereocenters. The molecule has 0 aliphatic heterocycles. The van der Waals surface area contributed by atoms with Gasteiger partial charge >= 0.3 is 0 Å². The molecule has 0 spiro atoms. The fraction of sp³-hybridized carbons (Fsp3) is 0.0278. The smallest absolute Gasteiger partial charge is 0.272 e. The quantitative estimate of drug-likeness (QED) is 0.101. The Hall–Kier alpha value is -4.53. The minimum atomic E-state index is -0.643. The number of benzene rings is 5. The number of hydrogen-bond donors (Lipinski definition) is 3. The van der Waals surface area contributed by atoms with E-state index in [0.29, 0.717) is 37.6 Å². The Morgan fingerprint density at radius 2 is 1.28 bits per heavy atom. The predicted molar refractivity (Wildman–Crippen MR) is 189 cm³/mol. The van der Waals surface area contributed by atoms with Gasteiger partial charge in [-0.25, -0.2) is 0 Å². The molecule has 0 radical (unpaired) electrons. The van der Waals surface area contributed by atoms with Gasteiger partial charge in [0.05, 0.1) is 0 Å². The minimum absolute atomic E-state index is 0.0379. The summed E-state index contributed by atoms with van der Waals surface area (Å²) in [4.78, 5) is 40.8. The summed E-state index contributed by atoms with van der Waals surface area (Å²) in [5.74, 6) is -1.24. The molecular formula is C36H26Cl3N3O3S. The first-order valence-electron chi connectivity index (χ1n) is 14.0. The lowest BCUT2D eigenvalue weighted by molar-refractivity contribution is -0.116. The maximum atomic E-state index is 13.6. The second-order valence-corrected chi connectivity index (χ2v) is 12.5. The molecule has 3 N–H and O–H groups in total. The van der Waals surface area contributed by atoms with Crippen LogP contribution in [0.2, 0.25) is 15.1 Å². The molecule has 3 amide bonds. The molecule has 0 aliphatic carbocycles. The Morgan fingerprint density at radius 1 is 0.630 bits per heavy atom. The maximum absolute atomic E-state index is 13.6. The van der Waals surface area contributed by atoms with Crippen molar-refractivity contribution in [2.45, 2.75) is 10.1 Å². The number of halogens is 3. The number of rotatable bonds is 10. The molecule has 0 saturated heterocycles. The van der Waals surface area contributed by atoms with Gasteiger partial charge in [-0.05, 0) is 77.9 Å². The molecule has 230 valence electrons. The third kappa shape index (κ3) is 9.25. The third-order valence-electron chi connectivity index (χ3n) is 6.53. The van der Waals surface area contributed by atoms with Gasteiger partial charge in [-0.1, -0.05) is 102 Å². The zero-order chi connectivity index (χ0) is 32.5. The zero-order valence-corrected chi connectivity index (χ0v) is 27.1. The summed E-state index contributed by atoms with van der Waals surface area (Å²) in [6.07, 6.45) is 1.57. The highest BCUT2D eigenvalue weighted by atomic mass is 35.5. The first kappa shape index (κ1) is 32.9. The predicted octanol–water partition coefficient (Wildman–Crippen LogP) is 9.53. The van der Waals surface area contributed by atoms with E-state index in [9.17, 15) is 14.4 Å². The summed E-state index contributed by atoms with van der Waals surface area (Å²) < 4.78 is 0. The Morgan fingerprint density at radius 3 is 1.96 bits per heavy atom. The number of anilines is 2. The van der Waals surface area contributed by atoms with Crippen LogP contribution in [0.5, 0.6) is 0 Å². The molecule has 5 rings (SSSR count). The minimum Gasteiger partial charge on any atom is -0.325 e. The Bertz CT molecular complexity index is 1870. The van der Waals surface area contributed by atoms with Crippen molar-refractivity contribution >= 4 is 81.7 Å². The second kappa shape index (κ2) is 15.7. The maximum Gasteiger partial charge on any atom is 0.272 e. The monoisotopic (exact) mass is 685 g/mol. The first-order valence-corrected chi connectivity index (χ1v) is 16.0. The molecule has 0 aromatic heterocycles. The first-order chi connectivity index (χ1) is 22.2. The van der Waals surface area contributed by atoms with Gasteiger partial charge in [-0.3, -0.25) is 14.4 Å². The van der Waals surface area contributed by atoms with Crippen LogP contribution >= 0.6 is 46.6 Å². The highest BCUT2D eigenvalue weighted by molar-refractivity contribution is 8.00. The van der Waals surface area contributed by atoms with E-state index in [1.54, 1.807) is 97.1 Å². The number of carbonyl (C=O) groups is 3. The summed E-state index contributed by atoms with van der Waals surface area (Å²) in [6, 6.07) is 36.8. The van der Waals surface area contributed by atoms with Crippen LogP contribution in [-0.4, -0.2) is 17.7 Å². The molecule has 10 heteroatoms.